The van der Waals surface area contributed by atoms with Gasteiger partial charge in [0.25, 0.3) is 0 Å². The monoisotopic (exact) mass is 225 g/mol. The first-order valence-electron chi connectivity index (χ1n) is 7.14. The molecule has 1 aliphatic carbocycles. The van der Waals surface area contributed by atoms with Gasteiger partial charge in [0.2, 0.25) is 0 Å². The van der Waals surface area contributed by atoms with Crippen LogP contribution in [0.5, 0.6) is 0 Å². The van der Waals surface area contributed by atoms with Crippen LogP contribution in [-0.2, 0) is 4.74 Å². The van der Waals surface area contributed by atoms with Crippen LogP contribution in [0.2, 0.25) is 0 Å². The zero-order valence-corrected chi connectivity index (χ0v) is 10.9. The minimum atomic E-state index is 0.266. The van der Waals surface area contributed by atoms with Gasteiger partial charge in [-0.05, 0) is 39.0 Å². The van der Waals surface area contributed by atoms with Crippen LogP contribution in [0.25, 0.3) is 0 Å². The lowest BCUT2D eigenvalue weighted by molar-refractivity contribution is -0.0846. The highest BCUT2D eigenvalue weighted by Gasteiger charge is 2.39. The normalized spacial score (nSPS) is 30.8. The molecule has 2 aliphatic rings. The lowest BCUT2D eigenvalue weighted by atomic mass is 9.88. The summed E-state index contributed by atoms with van der Waals surface area (Å²) in [7, 11) is 0. The van der Waals surface area contributed by atoms with Gasteiger partial charge < -0.3 is 10.1 Å². The summed E-state index contributed by atoms with van der Waals surface area (Å²) >= 11 is 0. The molecule has 1 spiro atoms. The van der Waals surface area contributed by atoms with E-state index in [9.17, 15) is 0 Å². The second-order valence-electron chi connectivity index (χ2n) is 5.78. The molecule has 0 radical (unpaired) electrons. The van der Waals surface area contributed by atoms with Crippen LogP contribution in [0.1, 0.15) is 65.2 Å². The van der Waals surface area contributed by atoms with Crippen molar-refractivity contribution in [3.05, 3.63) is 0 Å². The maximum Gasteiger partial charge on any atom is 0.0697 e. The Labute approximate surface area is 100 Å². The Hall–Kier alpha value is -0.0800. The number of ether oxygens (including phenoxy) is 1. The fourth-order valence-corrected chi connectivity index (χ4v) is 3.46. The lowest BCUT2D eigenvalue weighted by Crippen LogP contribution is -2.48. The second kappa shape index (κ2) is 5.50. The van der Waals surface area contributed by atoms with E-state index in [1.165, 1.54) is 51.4 Å². The molecule has 2 atom stereocenters. The molecule has 1 heterocycles. The maximum atomic E-state index is 6.06. The van der Waals surface area contributed by atoms with Gasteiger partial charge in [-0.15, -0.1) is 0 Å². The Bertz CT molecular complexity index is 211. The Balaban J connectivity index is 1.82. The quantitative estimate of drug-likeness (QED) is 0.793. The predicted octanol–water partition coefficient (Wildman–Crippen LogP) is 3.26. The van der Waals surface area contributed by atoms with E-state index >= 15 is 0 Å². The van der Waals surface area contributed by atoms with Crippen molar-refractivity contribution in [2.45, 2.75) is 82.9 Å². The molecule has 94 valence electrons. The zero-order valence-electron chi connectivity index (χ0n) is 10.9. The van der Waals surface area contributed by atoms with Gasteiger partial charge >= 0.3 is 0 Å². The zero-order chi connectivity index (χ0) is 11.4. The molecular formula is C14H27NO. The van der Waals surface area contributed by atoms with E-state index in [1.807, 2.05) is 0 Å². The highest BCUT2D eigenvalue weighted by molar-refractivity contribution is 4.93. The number of rotatable bonds is 4. The molecule has 0 aromatic carbocycles. The van der Waals surface area contributed by atoms with E-state index in [-0.39, 0.29) is 5.60 Å². The first-order valence-corrected chi connectivity index (χ1v) is 7.14. The summed E-state index contributed by atoms with van der Waals surface area (Å²) in [6, 6.07) is 1.37. The summed E-state index contributed by atoms with van der Waals surface area (Å²) in [4.78, 5) is 0. The van der Waals surface area contributed by atoms with Crippen molar-refractivity contribution in [3.63, 3.8) is 0 Å². The van der Waals surface area contributed by atoms with E-state index < -0.39 is 0 Å². The fourth-order valence-electron chi connectivity index (χ4n) is 3.46. The third kappa shape index (κ3) is 2.98. The summed E-state index contributed by atoms with van der Waals surface area (Å²) in [5, 5.41) is 3.79. The van der Waals surface area contributed by atoms with Gasteiger partial charge in [0, 0.05) is 18.7 Å². The van der Waals surface area contributed by atoms with Gasteiger partial charge in [-0.1, -0.05) is 26.2 Å². The van der Waals surface area contributed by atoms with Gasteiger partial charge in [0.05, 0.1) is 5.60 Å². The summed E-state index contributed by atoms with van der Waals surface area (Å²) in [6.07, 6.45) is 10.4. The predicted molar refractivity (Wildman–Crippen MR) is 67.7 cm³/mol. The van der Waals surface area contributed by atoms with Crippen LogP contribution in [0.15, 0.2) is 0 Å². The van der Waals surface area contributed by atoms with E-state index in [0.29, 0.717) is 12.1 Å². The van der Waals surface area contributed by atoms with Crippen molar-refractivity contribution < 1.29 is 4.74 Å². The molecule has 2 rings (SSSR count). The van der Waals surface area contributed by atoms with Gasteiger partial charge in [-0.25, -0.2) is 0 Å². The van der Waals surface area contributed by atoms with Crippen molar-refractivity contribution in [3.8, 4) is 0 Å². The topological polar surface area (TPSA) is 21.3 Å². The molecule has 0 amide bonds. The fraction of sp³-hybridized carbons (Fsp3) is 1.00. The van der Waals surface area contributed by atoms with Crippen molar-refractivity contribution in [1.82, 2.24) is 5.32 Å². The van der Waals surface area contributed by atoms with Crippen LogP contribution in [0, 0.1) is 0 Å². The molecular weight excluding hydrogens is 198 g/mol. The SMILES string of the molecule is CCCC(C)NC1CCOC2(CCCC2)C1. The van der Waals surface area contributed by atoms with Gasteiger partial charge in [-0.3, -0.25) is 0 Å². The average molecular weight is 225 g/mol. The molecule has 2 unspecified atom stereocenters. The van der Waals surface area contributed by atoms with E-state index in [0.717, 1.165) is 6.61 Å². The Kier molecular flexibility index (Phi) is 4.26. The molecule has 2 heteroatoms. The summed E-state index contributed by atoms with van der Waals surface area (Å²) in [6.45, 7) is 5.55. The Morgan fingerprint density at radius 2 is 2.12 bits per heavy atom. The molecule has 0 aromatic rings. The first kappa shape index (κ1) is 12.4. The maximum absolute atomic E-state index is 6.06. The highest BCUT2D eigenvalue weighted by atomic mass is 16.5. The van der Waals surface area contributed by atoms with E-state index in [1.54, 1.807) is 0 Å². The minimum absolute atomic E-state index is 0.266. The highest BCUT2D eigenvalue weighted by Crippen LogP contribution is 2.40. The van der Waals surface area contributed by atoms with Gasteiger partial charge in [0.15, 0.2) is 0 Å². The molecule has 1 aliphatic heterocycles. The molecule has 2 nitrogen and oxygen atoms in total. The van der Waals surface area contributed by atoms with Crippen LogP contribution < -0.4 is 5.32 Å². The number of hydrogen-bond donors (Lipinski definition) is 1. The van der Waals surface area contributed by atoms with Crippen molar-refractivity contribution in [1.29, 1.82) is 0 Å². The minimum Gasteiger partial charge on any atom is -0.375 e. The van der Waals surface area contributed by atoms with E-state index in [2.05, 4.69) is 19.2 Å². The van der Waals surface area contributed by atoms with Crippen molar-refractivity contribution in [2.75, 3.05) is 6.61 Å². The molecule has 1 saturated heterocycles. The molecule has 1 saturated carbocycles. The molecule has 2 fully saturated rings. The van der Waals surface area contributed by atoms with Crippen LogP contribution in [0.4, 0.5) is 0 Å². The Morgan fingerprint density at radius 1 is 1.38 bits per heavy atom. The molecule has 16 heavy (non-hydrogen) atoms. The first-order chi connectivity index (χ1) is 7.74. The Morgan fingerprint density at radius 3 is 2.81 bits per heavy atom. The van der Waals surface area contributed by atoms with Crippen molar-refractivity contribution in [2.24, 2.45) is 0 Å². The standard InChI is InChI=1S/C14H27NO/c1-3-6-12(2)15-13-7-10-16-14(11-13)8-4-5-9-14/h12-13,15H,3-11H2,1-2H3. The van der Waals surface area contributed by atoms with Crippen LogP contribution in [-0.4, -0.2) is 24.3 Å². The smallest absolute Gasteiger partial charge is 0.0697 e. The van der Waals surface area contributed by atoms with E-state index in [4.69, 9.17) is 4.74 Å². The lowest BCUT2D eigenvalue weighted by Gasteiger charge is -2.39. The number of nitrogens with one attached hydrogen (secondary N) is 1. The summed E-state index contributed by atoms with van der Waals surface area (Å²) < 4.78 is 6.06. The van der Waals surface area contributed by atoms with Gasteiger partial charge in [-0.2, -0.15) is 0 Å². The van der Waals surface area contributed by atoms with Gasteiger partial charge in [0.1, 0.15) is 0 Å². The number of hydrogen-bond acceptors (Lipinski definition) is 2. The third-order valence-electron chi connectivity index (χ3n) is 4.25. The molecule has 0 bridgehead atoms. The summed E-state index contributed by atoms with van der Waals surface area (Å²) in [5.41, 5.74) is 0.266. The molecule has 0 aromatic heterocycles. The third-order valence-corrected chi connectivity index (χ3v) is 4.25. The average Bonchev–Trinajstić information content (AvgIpc) is 2.66. The summed E-state index contributed by atoms with van der Waals surface area (Å²) in [5.74, 6) is 0. The van der Waals surface area contributed by atoms with Crippen LogP contribution in [0.3, 0.4) is 0 Å². The largest absolute Gasteiger partial charge is 0.375 e. The van der Waals surface area contributed by atoms with Crippen molar-refractivity contribution >= 4 is 0 Å². The van der Waals surface area contributed by atoms with Crippen LogP contribution >= 0.6 is 0 Å². The molecule has 1 N–H and O–H groups in total. The second-order valence-corrected chi connectivity index (χ2v) is 5.78.